The summed E-state index contributed by atoms with van der Waals surface area (Å²) in [5.41, 5.74) is 6.54. The molecule has 3 rings (SSSR count). The molecule has 0 saturated carbocycles. The number of benzene rings is 1. The van der Waals surface area contributed by atoms with Gasteiger partial charge >= 0.3 is 0 Å². The van der Waals surface area contributed by atoms with Gasteiger partial charge in [-0.15, -0.1) is 0 Å². The van der Waals surface area contributed by atoms with Crippen LogP contribution in [-0.4, -0.2) is 30.4 Å². The Morgan fingerprint density at radius 3 is 2.80 bits per heavy atom. The van der Waals surface area contributed by atoms with Crippen molar-refractivity contribution in [1.82, 2.24) is 4.98 Å². The number of thiazole rings is 1. The van der Waals surface area contributed by atoms with Crippen LogP contribution in [0.3, 0.4) is 0 Å². The van der Waals surface area contributed by atoms with Gasteiger partial charge in [0.15, 0.2) is 16.6 Å². The highest BCUT2D eigenvalue weighted by Gasteiger charge is 2.21. The third-order valence-corrected chi connectivity index (χ3v) is 4.17. The zero-order valence-corrected chi connectivity index (χ0v) is 11.7. The number of aliphatic hydroxyl groups is 1. The Labute approximate surface area is 120 Å². The summed E-state index contributed by atoms with van der Waals surface area (Å²) in [6.07, 6.45) is -0.828. The summed E-state index contributed by atoms with van der Waals surface area (Å²) < 4.78 is 11.0. The Kier molecular flexibility index (Phi) is 3.37. The van der Waals surface area contributed by atoms with Crippen molar-refractivity contribution in [1.29, 1.82) is 0 Å². The number of rotatable bonds is 3. The van der Waals surface area contributed by atoms with E-state index in [0.717, 1.165) is 0 Å². The molecule has 0 amide bonds. The van der Waals surface area contributed by atoms with Gasteiger partial charge in [0.1, 0.15) is 25.1 Å². The predicted octanol–water partition coefficient (Wildman–Crippen LogP) is 1.62. The maximum atomic E-state index is 10.4. The number of nitrogens with zero attached hydrogens (tertiary/aromatic N) is 1. The second kappa shape index (κ2) is 5.18. The zero-order valence-electron chi connectivity index (χ0n) is 10.9. The fourth-order valence-electron chi connectivity index (χ4n) is 2.03. The molecule has 2 aromatic rings. The summed E-state index contributed by atoms with van der Waals surface area (Å²) >= 11 is 1.33. The molecule has 7 heteroatoms. The zero-order chi connectivity index (χ0) is 14.1. The van der Waals surface area contributed by atoms with Crippen LogP contribution in [0.5, 0.6) is 11.5 Å². The summed E-state index contributed by atoms with van der Waals surface area (Å²) in [5, 5.41) is 14.0. The van der Waals surface area contributed by atoms with E-state index in [1.807, 2.05) is 0 Å². The lowest BCUT2D eigenvalue weighted by Crippen LogP contribution is -2.15. The normalized spacial score (nSPS) is 14.9. The number of aliphatic hydroxyl groups excluding tert-OH is 1. The molecule has 0 aliphatic carbocycles. The van der Waals surface area contributed by atoms with Crippen molar-refractivity contribution in [3.8, 4) is 11.5 Å². The minimum absolute atomic E-state index is 0.335. The fourth-order valence-corrected chi connectivity index (χ4v) is 2.88. The average molecular weight is 293 g/mol. The molecule has 0 radical (unpaired) electrons. The fraction of sp³-hybridized carbons (Fsp3) is 0.308. The molecule has 1 unspecified atom stereocenters. The molecule has 0 fully saturated rings. The molecule has 0 saturated heterocycles. The molecule has 1 aromatic carbocycles. The lowest BCUT2D eigenvalue weighted by molar-refractivity contribution is 0.170. The summed E-state index contributed by atoms with van der Waals surface area (Å²) in [7, 11) is 1.76. The maximum absolute atomic E-state index is 10.4. The highest BCUT2D eigenvalue weighted by molar-refractivity contribution is 7.16. The lowest BCUT2D eigenvalue weighted by Gasteiger charge is -2.20. The largest absolute Gasteiger partial charge is 0.486 e. The van der Waals surface area contributed by atoms with Crippen LogP contribution in [0, 0.1) is 0 Å². The molecule has 1 aliphatic heterocycles. The monoisotopic (exact) mass is 293 g/mol. The summed E-state index contributed by atoms with van der Waals surface area (Å²) in [4.78, 5) is 4.75. The van der Waals surface area contributed by atoms with E-state index in [1.54, 1.807) is 25.2 Å². The van der Waals surface area contributed by atoms with Crippen LogP contribution in [0.25, 0.3) is 0 Å². The van der Waals surface area contributed by atoms with Crippen molar-refractivity contribution in [2.75, 3.05) is 31.3 Å². The van der Waals surface area contributed by atoms with Crippen LogP contribution >= 0.6 is 11.3 Å². The van der Waals surface area contributed by atoms with E-state index in [2.05, 4.69) is 10.3 Å². The molecule has 20 heavy (non-hydrogen) atoms. The number of nitrogens with one attached hydrogen (secondary N) is 1. The molecular formula is C13H15N3O3S. The molecule has 6 nitrogen and oxygen atoms in total. The predicted molar refractivity (Wildman–Crippen MR) is 77.6 cm³/mol. The van der Waals surface area contributed by atoms with Crippen molar-refractivity contribution in [2.24, 2.45) is 0 Å². The number of nitrogen functional groups attached to an aromatic ring is 1. The standard InChI is InChI=1S/C13H15N3O3S/c1-15-13-16-12(14)11(20-13)10(17)7-2-3-8-9(6-7)19-5-4-18-8/h2-3,6,10,17H,4-5,14H2,1H3,(H,15,16). The second-order valence-corrected chi connectivity index (χ2v) is 5.35. The molecule has 1 atom stereocenters. The first-order chi connectivity index (χ1) is 9.69. The van der Waals surface area contributed by atoms with E-state index < -0.39 is 6.10 Å². The molecule has 0 bridgehead atoms. The van der Waals surface area contributed by atoms with E-state index in [9.17, 15) is 5.11 Å². The lowest BCUT2D eigenvalue weighted by atomic mass is 10.1. The van der Waals surface area contributed by atoms with Crippen LogP contribution in [0.15, 0.2) is 18.2 Å². The van der Waals surface area contributed by atoms with Crippen molar-refractivity contribution < 1.29 is 14.6 Å². The van der Waals surface area contributed by atoms with E-state index in [-0.39, 0.29) is 0 Å². The van der Waals surface area contributed by atoms with Gasteiger partial charge in [-0.05, 0) is 17.7 Å². The number of hydrogen-bond donors (Lipinski definition) is 3. The van der Waals surface area contributed by atoms with Gasteiger partial charge in [-0.2, -0.15) is 0 Å². The van der Waals surface area contributed by atoms with Gasteiger partial charge in [0.25, 0.3) is 0 Å². The highest BCUT2D eigenvalue weighted by atomic mass is 32.1. The first kappa shape index (κ1) is 13.0. The molecule has 1 aliphatic rings. The van der Waals surface area contributed by atoms with Gasteiger partial charge in [0, 0.05) is 7.05 Å². The van der Waals surface area contributed by atoms with E-state index in [1.165, 1.54) is 11.3 Å². The molecular weight excluding hydrogens is 278 g/mol. The van der Waals surface area contributed by atoms with Gasteiger partial charge in [-0.3, -0.25) is 0 Å². The van der Waals surface area contributed by atoms with Crippen molar-refractivity contribution >= 4 is 22.3 Å². The molecule has 0 spiro atoms. The second-order valence-electron chi connectivity index (χ2n) is 4.32. The SMILES string of the molecule is CNc1nc(N)c(C(O)c2ccc3c(c2)OCCO3)s1. The van der Waals surface area contributed by atoms with E-state index in [4.69, 9.17) is 15.2 Å². The highest BCUT2D eigenvalue weighted by Crippen LogP contribution is 2.38. The number of aromatic nitrogens is 1. The topological polar surface area (TPSA) is 89.6 Å². The molecule has 4 N–H and O–H groups in total. The molecule has 106 valence electrons. The smallest absolute Gasteiger partial charge is 0.184 e. The molecule has 2 heterocycles. The number of hydrogen-bond acceptors (Lipinski definition) is 7. The van der Waals surface area contributed by atoms with Gasteiger partial charge in [-0.25, -0.2) is 4.98 Å². The quantitative estimate of drug-likeness (QED) is 0.797. The van der Waals surface area contributed by atoms with Gasteiger partial charge < -0.3 is 25.6 Å². The van der Waals surface area contributed by atoms with E-state index >= 15 is 0 Å². The van der Waals surface area contributed by atoms with Gasteiger partial charge in [-0.1, -0.05) is 17.4 Å². The summed E-state index contributed by atoms with van der Waals surface area (Å²) in [6, 6.07) is 5.37. The minimum Gasteiger partial charge on any atom is -0.486 e. The van der Waals surface area contributed by atoms with Crippen molar-refractivity contribution in [2.45, 2.75) is 6.10 Å². The maximum Gasteiger partial charge on any atom is 0.184 e. The Morgan fingerprint density at radius 1 is 1.35 bits per heavy atom. The van der Waals surface area contributed by atoms with Crippen molar-refractivity contribution in [3.63, 3.8) is 0 Å². The number of anilines is 2. The Bertz CT molecular complexity index is 629. The van der Waals surface area contributed by atoms with Crippen molar-refractivity contribution in [3.05, 3.63) is 28.6 Å². The average Bonchev–Trinajstić information content (AvgIpc) is 2.87. The third-order valence-electron chi connectivity index (χ3n) is 3.03. The Hall–Kier alpha value is -1.99. The van der Waals surface area contributed by atoms with Crippen LogP contribution < -0.4 is 20.5 Å². The van der Waals surface area contributed by atoms with Crippen LogP contribution in [-0.2, 0) is 0 Å². The van der Waals surface area contributed by atoms with Crippen LogP contribution in [0.1, 0.15) is 16.5 Å². The Morgan fingerprint density at radius 2 is 2.10 bits per heavy atom. The van der Waals surface area contributed by atoms with Gasteiger partial charge in [0.2, 0.25) is 0 Å². The minimum atomic E-state index is -0.828. The van der Waals surface area contributed by atoms with Crippen LogP contribution in [0.4, 0.5) is 10.9 Å². The summed E-state index contributed by atoms with van der Waals surface area (Å²) in [6.45, 7) is 1.06. The Balaban J connectivity index is 1.93. The third kappa shape index (κ3) is 2.25. The van der Waals surface area contributed by atoms with E-state index in [0.29, 0.717) is 46.1 Å². The van der Waals surface area contributed by atoms with Crippen LogP contribution in [0.2, 0.25) is 0 Å². The number of ether oxygens (including phenoxy) is 2. The van der Waals surface area contributed by atoms with Gasteiger partial charge in [0.05, 0.1) is 4.88 Å². The number of fused-ring (bicyclic) bond motifs is 1. The first-order valence-electron chi connectivity index (χ1n) is 6.20. The molecule has 1 aromatic heterocycles. The first-order valence-corrected chi connectivity index (χ1v) is 7.02. The summed E-state index contributed by atoms with van der Waals surface area (Å²) in [5.74, 6) is 1.67. The number of nitrogens with two attached hydrogens (primary N) is 1.